The van der Waals surface area contributed by atoms with Crippen molar-refractivity contribution < 1.29 is 14.3 Å². The van der Waals surface area contributed by atoms with Crippen LogP contribution in [0, 0.1) is 5.92 Å². The van der Waals surface area contributed by atoms with E-state index in [-0.39, 0.29) is 24.0 Å². The first kappa shape index (κ1) is 15.5. The van der Waals surface area contributed by atoms with Gasteiger partial charge in [-0.1, -0.05) is 0 Å². The van der Waals surface area contributed by atoms with Gasteiger partial charge in [0, 0.05) is 30.2 Å². The van der Waals surface area contributed by atoms with Crippen LogP contribution in [-0.2, 0) is 4.74 Å². The molecule has 1 unspecified atom stereocenters. The van der Waals surface area contributed by atoms with Crippen LogP contribution in [0.25, 0.3) is 0 Å². The van der Waals surface area contributed by atoms with E-state index < -0.39 is 0 Å². The molecule has 2 aliphatic rings. The topological polar surface area (TPSA) is 64.6 Å². The van der Waals surface area contributed by atoms with Gasteiger partial charge in [-0.25, -0.2) is 9.97 Å². The number of rotatable bonds is 4. The largest absolute Gasteiger partial charge is 0.463 e. The Morgan fingerprint density at radius 1 is 1.38 bits per heavy atom. The molecule has 3 heterocycles. The van der Waals surface area contributed by atoms with Gasteiger partial charge < -0.3 is 14.4 Å². The molecule has 1 aliphatic carbocycles. The van der Waals surface area contributed by atoms with Crippen molar-refractivity contribution in [2.24, 2.45) is 5.92 Å². The lowest BCUT2D eigenvalue weighted by atomic mass is 10.0. The molecule has 2 aromatic rings. The number of morpholine rings is 1. The van der Waals surface area contributed by atoms with E-state index in [9.17, 15) is 4.79 Å². The quantitative estimate of drug-likeness (QED) is 0.850. The van der Waals surface area contributed by atoms with Crippen LogP contribution in [0.2, 0.25) is 0 Å². The van der Waals surface area contributed by atoms with Gasteiger partial charge in [-0.3, -0.25) is 4.79 Å². The zero-order valence-corrected chi connectivity index (χ0v) is 14.0. The summed E-state index contributed by atoms with van der Waals surface area (Å²) in [5.41, 5.74) is 0.776. The van der Waals surface area contributed by atoms with Crippen LogP contribution in [0.3, 0.4) is 0 Å². The normalized spacial score (nSPS) is 26.2. The van der Waals surface area contributed by atoms with Gasteiger partial charge in [0.1, 0.15) is 0 Å². The zero-order valence-electron chi connectivity index (χ0n) is 13.2. The zero-order chi connectivity index (χ0) is 16.4. The molecule has 24 heavy (non-hydrogen) atoms. The smallest absolute Gasteiger partial charge is 0.316 e. The lowest BCUT2D eigenvalue weighted by molar-refractivity contribution is -0.0682. The van der Waals surface area contributed by atoms with Crippen LogP contribution in [0.15, 0.2) is 35.3 Å². The SMILES string of the molecule is O=C(c1ccsc1)N1CCO[C@H]2C(COc3ncccn3)CC[C@@H]21. The van der Waals surface area contributed by atoms with Gasteiger partial charge in [0.2, 0.25) is 0 Å². The summed E-state index contributed by atoms with van der Waals surface area (Å²) in [4.78, 5) is 22.9. The number of amides is 1. The van der Waals surface area contributed by atoms with Crippen LogP contribution >= 0.6 is 11.3 Å². The molecule has 0 aromatic carbocycles. The number of nitrogens with zero attached hydrogens (tertiary/aromatic N) is 3. The highest BCUT2D eigenvalue weighted by Gasteiger charge is 2.44. The Morgan fingerprint density at radius 3 is 3.04 bits per heavy atom. The fraction of sp³-hybridized carbons (Fsp3) is 0.471. The van der Waals surface area contributed by atoms with Gasteiger partial charge in [-0.15, -0.1) is 0 Å². The Kier molecular flexibility index (Phi) is 4.44. The number of carbonyl (C=O) groups excluding carboxylic acids is 1. The molecule has 126 valence electrons. The average Bonchev–Trinajstić information content (AvgIpc) is 3.30. The van der Waals surface area contributed by atoms with E-state index in [0.29, 0.717) is 25.8 Å². The van der Waals surface area contributed by atoms with E-state index in [2.05, 4.69) is 9.97 Å². The lowest BCUT2D eigenvalue weighted by Crippen LogP contribution is -2.53. The Bertz CT molecular complexity index is 680. The monoisotopic (exact) mass is 345 g/mol. The Labute approximate surface area is 144 Å². The fourth-order valence-electron chi connectivity index (χ4n) is 3.58. The predicted octanol–water partition coefficient (Wildman–Crippen LogP) is 2.24. The molecule has 0 spiro atoms. The maximum Gasteiger partial charge on any atom is 0.316 e. The van der Waals surface area contributed by atoms with Crippen LogP contribution in [-0.4, -0.2) is 52.7 Å². The second-order valence-electron chi connectivity index (χ2n) is 6.09. The van der Waals surface area contributed by atoms with Crippen LogP contribution in [0.4, 0.5) is 0 Å². The molecule has 1 amide bonds. The molecule has 1 aliphatic heterocycles. The van der Waals surface area contributed by atoms with Crippen LogP contribution in [0.1, 0.15) is 23.2 Å². The fourth-order valence-corrected chi connectivity index (χ4v) is 4.21. The highest BCUT2D eigenvalue weighted by molar-refractivity contribution is 7.08. The molecule has 0 bridgehead atoms. The second kappa shape index (κ2) is 6.86. The minimum Gasteiger partial charge on any atom is -0.463 e. The van der Waals surface area contributed by atoms with Crippen molar-refractivity contribution in [1.82, 2.24) is 14.9 Å². The Hall–Kier alpha value is -1.99. The first-order chi connectivity index (χ1) is 11.8. The van der Waals surface area contributed by atoms with E-state index in [1.165, 1.54) is 0 Å². The Morgan fingerprint density at radius 2 is 2.25 bits per heavy atom. The maximum absolute atomic E-state index is 12.7. The van der Waals surface area contributed by atoms with Crippen molar-refractivity contribution >= 4 is 17.2 Å². The molecule has 1 saturated carbocycles. The molecule has 2 aromatic heterocycles. The molecule has 7 heteroatoms. The molecule has 0 radical (unpaired) electrons. The standard InChI is InChI=1S/C17H19N3O3S/c21-16(13-4-9-24-11-13)20-7-8-22-15-12(2-3-14(15)20)10-23-17-18-5-1-6-19-17/h1,4-6,9,11-12,14-15H,2-3,7-8,10H2/t12?,14-,15-/m0/s1. The molecule has 6 nitrogen and oxygen atoms in total. The summed E-state index contributed by atoms with van der Waals surface area (Å²) in [5, 5.41) is 3.85. The lowest BCUT2D eigenvalue weighted by Gasteiger charge is -2.39. The van der Waals surface area contributed by atoms with Gasteiger partial charge in [-0.05, 0) is 30.4 Å². The van der Waals surface area contributed by atoms with Crippen molar-refractivity contribution in [3.05, 3.63) is 40.8 Å². The summed E-state index contributed by atoms with van der Waals surface area (Å²) in [6, 6.07) is 4.18. The average molecular weight is 345 g/mol. The minimum atomic E-state index is 0.0325. The molecule has 3 atom stereocenters. The third-order valence-corrected chi connectivity index (χ3v) is 5.40. The maximum atomic E-state index is 12.7. The molecule has 1 saturated heterocycles. The third-order valence-electron chi connectivity index (χ3n) is 4.72. The summed E-state index contributed by atoms with van der Waals surface area (Å²) in [7, 11) is 0. The summed E-state index contributed by atoms with van der Waals surface area (Å²) in [5.74, 6) is 0.374. The first-order valence-electron chi connectivity index (χ1n) is 8.17. The molecule has 4 rings (SSSR count). The van der Waals surface area contributed by atoms with E-state index in [4.69, 9.17) is 9.47 Å². The number of fused-ring (bicyclic) bond motifs is 1. The van der Waals surface area contributed by atoms with Gasteiger partial charge in [0.15, 0.2) is 0 Å². The van der Waals surface area contributed by atoms with E-state index in [1.54, 1.807) is 29.8 Å². The number of carbonyl (C=O) groups is 1. The van der Waals surface area contributed by atoms with Crippen LogP contribution < -0.4 is 4.74 Å². The Balaban J connectivity index is 1.42. The van der Waals surface area contributed by atoms with Crippen LogP contribution in [0.5, 0.6) is 6.01 Å². The summed E-state index contributed by atoms with van der Waals surface area (Å²) >= 11 is 1.55. The summed E-state index contributed by atoms with van der Waals surface area (Å²) < 4.78 is 11.7. The van der Waals surface area contributed by atoms with Crippen molar-refractivity contribution in [1.29, 1.82) is 0 Å². The number of hydrogen-bond acceptors (Lipinski definition) is 6. The van der Waals surface area contributed by atoms with Crippen molar-refractivity contribution in [2.45, 2.75) is 25.0 Å². The van der Waals surface area contributed by atoms with Gasteiger partial charge >= 0.3 is 6.01 Å². The van der Waals surface area contributed by atoms with Crippen molar-refractivity contribution in [3.8, 4) is 6.01 Å². The molecular weight excluding hydrogens is 326 g/mol. The van der Waals surface area contributed by atoms with E-state index in [1.807, 2.05) is 21.7 Å². The first-order valence-corrected chi connectivity index (χ1v) is 9.12. The molecule has 2 fully saturated rings. The predicted molar refractivity (Wildman–Crippen MR) is 89.1 cm³/mol. The third kappa shape index (κ3) is 3.01. The van der Waals surface area contributed by atoms with Crippen molar-refractivity contribution in [3.63, 3.8) is 0 Å². The number of ether oxygens (including phenoxy) is 2. The number of aromatic nitrogens is 2. The van der Waals surface area contributed by atoms with E-state index in [0.717, 1.165) is 18.4 Å². The second-order valence-corrected chi connectivity index (χ2v) is 6.87. The molecule has 0 N–H and O–H groups in total. The summed E-state index contributed by atoms with van der Waals surface area (Å²) in [6.07, 6.45) is 5.29. The number of hydrogen-bond donors (Lipinski definition) is 0. The van der Waals surface area contributed by atoms with Gasteiger partial charge in [0.25, 0.3) is 5.91 Å². The number of thiophene rings is 1. The highest BCUT2D eigenvalue weighted by Crippen LogP contribution is 2.35. The van der Waals surface area contributed by atoms with E-state index >= 15 is 0 Å². The summed E-state index contributed by atoms with van der Waals surface area (Å²) in [6.45, 7) is 1.76. The molecular formula is C17H19N3O3S. The minimum absolute atomic E-state index is 0.0325. The van der Waals surface area contributed by atoms with Gasteiger partial charge in [0.05, 0.1) is 30.9 Å². The van der Waals surface area contributed by atoms with Crippen molar-refractivity contribution in [2.75, 3.05) is 19.8 Å². The highest BCUT2D eigenvalue weighted by atomic mass is 32.1. The van der Waals surface area contributed by atoms with Gasteiger partial charge in [-0.2, -0.15) is 11.3 Å².